The largest absolute Gasteiger partial charge is 0.337 e. The highest BCUT2D eigenvalue weighted by Crippen LogP contribution is 2.32. The summed E-state index contributed by atoms with van der Waals surface area (Å²) in [5.41, 5.74) is 2.80. The van der Waals surface area contributed by atoms with Crippen molar-refractivity contribution < 1.29 is 9.18 Å². The van der Waals surface area contributed by atoms with Gasteiger partial charge in [-0.3, -0.25) is 14.3 Å². The van der Waals surface area contributed by atoms with Crippen LogP contribution in [-0.4, -0.2) is 61.5 Å². The summed E-state index contributed by atoms with van der Waals surface area (Å²) in [5, 5.41) is 0.871. The van der Waals surface area contributed by atoms with E-state index >= 15 is 0 Å². The first-order valence-corrected chi connectivity index (χ1v) is 13.0. The number of amides is 1. The molecule has 2 aliphatic rings. The summed E-state index contributed by atoms with van der Waals surface area (Å²) in [5.74, 6) is -0.194. The van der Waals surface area contributed by atoms with E-state index in [4.69, 9.17) is 23.2 Å². The Labute approximate surface area is 222 Å². The lowest BCUT2D eigenvalue weighted by Crippen LogP contribution is -2.41. The number of carbonyl (C=O) groups is 1. The van der Waals surface area contributed by atoms with E-state index in [2.05, 4.69) is 14.9 Å². The van der Waals surface area contributed by atoms with E-state index in [0.717, 1.165) is 17.8 Å². The number of piperidine rings is 1. The van der Waals surface area contributed by atoms with Gasteiger partial charge in [-0.1, -0.05) is 23.2 Å². The Bertz CT molecular complexity index is 1580. The van der Waals surface area contributed by atoms with Crippen LogP contribution in [0.4, 0.5) is 4.39 Å². The zero-order valence-corrected chi connectivity index (χ0v) is 21.7. The number of likely N-dealkylation sites (tertiary alicyclic amines) is 1. The standard InChI is InChI=1S/C26H25Cl2FN6O2/c1-32-10-11-34-22(14-32)23(31-24(34)18-4-2-15(27)12-19(18)29)25(36)33-8-6-17(7-9-33)35-21-5-3-16(28)13-20(21)30-26(35)37/h2-5,12-13,17H,6-11,14H2,1H3,(H,30,37). The molecule has 11 heteroatoms. The second kappa shape index (κ2) is 9.31. The second-order valence-corrected chi connectivity index (χ2v) is 10.6. The van der Waals surface area contributed by atoms with E-state index in [-0.39, 0.29) is 17.6 Å². The van der Waals surface area contributed by atoms with E-state index in [0.29, 0.717) is 71.7 Å². The maximum absolute atomic E-state index is 14.8. The molecule has 0 aliphatic carbocycles. The van der Waals surface area contributed by atoms with Gasteiger partial charge in [-0.15, -0.1) is 0 Å². The fourth-order valence-electron chi connectivity index (χ4n) is 5.48. The molecule has 37 heavy (non-hydrogen) atoms. The maximum atomic E-state index is 14.8. The summed E-state index contributed by atoms with van der Waals surface area (Å²) in [4.78, 5) is 37.9. The molecule has 0 bridgehead atoms. The Hall–Kier alpha value is -3.14. The minimum absolute atomic E-state index is 0.0350. The first kappa shape index (κ1) is 24.2. The highest BCUT2D eigenvalue weighted by atomic mass is 35.5. The second-order valence-electron chi connectivity index (χ2n) is 9.73. The van der Waals surface area contributed by atoms with Crippen LogP contribution >= 0.6 is 23.2 Å². The van der Waals surface area contributed by atoms with Gasteiger partial charge in [0.1, 0.15) is 11.6 Å². The van der Waals surface area contributed by atoms with Crippen molar-refractivity contribution in [2.45, 2.75) is 32.0 Å². The number of aromatic nitrogens is 4. The SMILES string of the molecule is CN1CCn2c(-c3ccc(Cl)cc3F)nc(C(=O)N3CCC(n4c(=O)[nH]c5cc(Cl)ccc54)CC3)c2C1. The van der Waals surface area contributed by atoms with Crippen LogP contribution in [0.2, 0.25) is 10.0 Å². The van der Waals surface area contributed by atoms with Crippen molar-refractivity contribution in [1.82, 2.24) is 28.9 Å². The van der Waals surface area contributed by atoms with Crippen LogP contribution in [0.3, 0.4) is 0 Å². The van der Waals surface area contributed by atoms with Crippen LogP contribution in [0.1, 0.15) is 35.1 Å². The van der Waals surface area contributed by atoms with Crippen LogP contribution < -0.4 is 5.69 Å². The average molecular weight is 543 g/mol. The van der Waals surface area contributed by atoms with Gasteiger partial charge in [0.15, 0.2) is 5.69 Å². The molecule has 0 atom stereocenters. The predicted molar refractivity (Wildman–Crippen MR) is 141 cm³/mol. The van der Waals surface area contributed by atoms with Crippen molar-refractivity contribution in [3.8, 4) is 11.4 Å². The number of carbonyl (C=O) groups excluding carboxylic acids is 1. The molecular weight excluding hydrogens is 518 g/mol. The summed E-state index contributed by atoms with van der Waals surface area (Å²) < 4.78 is 18.5. The molecule has 1 amide bonds. The zero-order valence-electron chi connectivity index (χ0n) is 20.2. The molecule has 6 rings (SSSR count). The van der Waals surface area contributed by atoms with Crippen LogP contribution in [0.5, 0.6) is 0 Å². The van der Waals surface area contributed by atoms with Gasteiger partial charge in [0, 0.05) is 48.8 Å². The molecule has 192 valence electrons. The highest BCUT2D eigenvalue weighted by Gasteiger charge is 2.33. The van der Waals surface area contributed by atoms with Gasteiger partial charge in [-0.2, -0.15) is 0 Å². The monoisotopic (exact) mass is 542 g/mol. The molecule has 4 heterocycles. The van der Waals surface area contributed by atoms with Crippen LogP contribution in [0, 0.1) is 5.82 Å². The summed E-state index contributed by atoms with van der Waals surface area (Å²) in [6.07, 6.45) is 1.27. The number of likely N-dealkylation sites (N-methyl/N-ethyl adjacent to an activating group) is 1. The lowest BCUT2D eigenvalue weighted by molar-refractivity contribution is 0.0686. The first-order chi connectivity index (χ1) is 17.8. The molecule has 2 aromatic carbocycles. The van der Waals surface area contributed by atoms with E-state index in [9.17, 15) is 14.0 Å². The fourth-order valence-corrected chi connectivity index (χ4v) is 5.81. The average Bonchev–Trinajstić information content (AvgIpc) is 3.40. The van der Waals surface area contributed by atoms with E-state index in [1.807, 2.05) is 17.7 Å². The number of hydrogen-bond donors (Lipinski definition) is 1. The van der Waals surface area contributed by atoms with Crippen molar-refractivity contribution in [3.05, 3.63) is 74.1 Å². The molecule has 0 saturated carbocycles. The summed E-state index contributed by atoms with van der Waals surface area (Å²) in [7, 11) is 1.99. The number of aromatic amines is 1. The highest BCUT2D eigenvalue weighted by molar-refractivity contribution is 6.31. The fraction of sp³-hybridized carbons (Fsp3) is 0.346. The molecule has 0 unspecified atom stereocenters. The number of H-pyrrole nitrogens is 1. The Balaban J connectivity index is 1.28. The number of benzene rings is 2. The summed E-state index contributed by atoms with van der Waals surface area (Å²) >= 11 is 12.0. The summed E-state index contributed by atoms with van der Waals surface area (Å²) in [6, 6.07) is 9.83. The molecule has 4 aromatic rings. The summed E-state index contributed by atoms with van der Waals surface area (Å²) in [6.45, 7) is 2.91. The van der Waals surface area contributed by atoms with Crippen molar-refractivity contribution in [3.63, 3.8) is 0 Å². The number of nitrogens with one attached hydrogen (secondary N) is 1. The molecule has 1 fully saturated rings. The minimum Gasteiger partial charge on any atom is -0.337 e. The lowest BCUT2D eigenvalue weighted by atomic mass is 10.0. The quantitative estimate of drug-likeness (QED) is 0.411. The van der Waals surface area contributed by atoms with Crippen molar-refractivity contribution in [2.75, 3.05) is 26.7 Å². The van der Waals surface area contributed by atoms with Crippen molar-refractivity contribution in [2.24, 2.45) is 0 Å². The third-order valence-corrected chi connectivity index (χ3v) is 7.84. The third-order valence-electron chi connectivity index (χ3n) is 7.37. The van der Waals surface area contributed by atoms with Gasteiger partial charge in [-0.05, 0) is 56.3 Å². The minimum atomic E-state index is -0.468. The lowest BCUT2D eigenvalue weighted by Gasteiger charge is -2.33. The maximum Gasteiger partial charge on any atom is 0.326 e. The Morgan fingerprint density at radius 1 is 1.05 bits per heavy atom. The van der Waals surface area contributed by atoms with Gasteiger partial charge in [0.25, 0.3) is 5.91 Å². The molecule has 0 radical (unpaired) electrons. The number of nitrogens with zero attached hydrogens (tertiary/aromatic N) is 5. The Kier molecular flexibility index (Phi) is 6.09. The van der Waals surface area contributed by atoms with Crippen LogP contribution in [0.25, 0.3) is 22.4 Å². The zero-order chi connectivity index (χ0) is 25.8. The van der Waals surface area contributed by atoms with Gasteiger partial charge < -0.3 is 14.5 Å². The number of fused-ring (bicyclic) bond motifs is 2. The molecule has 0 spiro atoms. The van der Waals surface area contributed by atoms with E-state index in [1.54, 1.807) is 33.7 Å². The van der Waals surface area contributed by atoms with Crippen LogP contribution in [-0.2, 0) is 13.1 Å². The topological polar surface area (TPSA) is 79.2 Å². The molecular formula is C26H25Cl2FN6O2. The van der Waals surface area contributed by atoms with Crippen LogP contribution in [0.15, 0.2) is 41.2 Å². The molecule has 2 aromatic heterocycles. The third kappa shape index (κ3) is 4.24. The number of rotatable bonds is 3. The smallest absolute Gasteiger partial charge is 0.326 e. The van der Waals surface area contributed by atoms with E-state index < -0.39 is 5.82 Å². The van der Waals surface area contributed by atoms with Crippen molar-refractivity contribution in [1.29, 1.82) is 0 Å². The van der Waals surface area contributed by atoms with Gasteiger partial charge >= 0.3 is 5.69 Å². The molecule has 8 nitrogen and oxygen atoms in total. The Morgan fingerprint density at radius 3 is 2.54 bits per heavy atom. The van der Waals surface area contributed by atoms with Gasteiger partial charge in [0.05, 0.1) is 22.3 Å². The van der Waals surface area contributed by atoms with E-state index in [1.165, 1.54) is 6.07 Å². The molecule has 1 N–H and O–H groups in total. The van der Waals surface area contributed by atoms with Gasteiger partial charge in [0.2, 0.25) is 0 Å². The van der Waals surface area contributed by atoms with Gasteiger partial charge in [-0.25, -0.2) is 14.2 Å². The molecule has 1 saturated heterocycles. The first-order valence-electron chi connectivity index (χ1n) is 12.2. The number of imidazole rings is 2. The molecule has 2 aliphatic heterocycles. The normalized spacial score (nSPS) is 16.9. The van der Waals surface area contributed by atoms with Crippen molar-refractivity contribution >= 4 is 40.1 Å². The number of halogens is 3. The predicted octanol–water partition coefficient (Wildman–Crippen LogP) is 4.56. The Morgan fingerprint density at radius 2 is 1.78 bits per heavy atom. The number of hydrogen-bond acceptors (Lipinski definition) is 4.